The number of aromatic nitrogens is 4. The van der Waals surface area contributed by atoms with Crippen LogP contribution in [0.25, 0.3) is 23.0 Å². The summed E-state index contributed by atoms with van der Waals surface area (Å²) < 4.78 is 30.8. The van der Waals surface area contributed by atoms with Gasteiger partial charge in [0.15, 0.2) is 0 Å². The predicted molar refractivity (Wildman–Crippen MR) is 86.0 cm³/mol. The van der Waals surface area contributed by atoms with Gasteiger partial charge in [-0.25, -0.2) is 22.7 Å². The fourth-order valence-electron chi connectivity index (χ4n) is 1.94. The lowest BCUT2D eigenvalue weighted by Crippen LogP contribution is -2.22. The van der Waals surface area contributed by atoms with E-state index >= 15 is 0 Å². The molecule has 0 spiro atoms. The molecule has 0 radical (unpaired) electrons. The third-order valence-corrected chi connectivity index (χ3v) is 5.01. The van der Waals surface area contributed by atoms with Gasteiger partial charge in [0.25, 0.3) is 5.89 Å². The van der Waals surface area contributed by atoms with Crippen molar-refractivity contribution in [2.24, 2.45) is 0 Å². The van der Waals surface area contributed by atoms with Crippen LogP contribution in [0, 0.1) is 0 Å². The van der Waals surface area contributed by atoms with E-state index in [4.69, 9.17) is 10.3 Å². The van der Waals surface area contributed by atoms with Crippen molar-refractivity contribution in [1.82, 2.24) is 24.4 Å². The van der Waals surface area contributed by atoms with E-state index in [9.17, 15) is 8.42 Å². The predicted octanol–water partition coefficient (Wildman–Crippen LogP) is 1.03. The van der Waals surface area contributed by atoms with Gasteiger partial charge in [-0.15, -0.1) is 0 Å². The fourth-order valence-corrected chi connectivity index (χ4v) is 2.89. The molecule has 0 aliphatic heterocycles. The molecule has 124 valence electrons. The summed E-state index contributed by atoms with van der Waals surface area (Å²) in [5.74, 6) is 0.698. The van der Waals surface area contributed by atoms with Crippen LogP contribution in [0.3, 0.4) is 0 Å². The standard InChI is InChI=1S/C14H14N6O3S/c1-20(2)24(21,22)10-5-3-4-9(6-10)14-18-13(19-23-14)11-7-12(15)17-8-16-11/h3-8H,1-2H3,(H2,15,16,17). The van der Waals surface area contributed by atoms with Crippen molar-refractivity contribution in [3.8, 4) is 23.0 Å². The Bertz CT molecular complexity index is 983. The van der Waals surface area contributed by atoms with E-state index < -0.39 is 10.0 Å². The Labute approximate surface area is 138 Å². The molecule has 3 rings (SSSR count). The minimum Gasteiger partial charge on any atom is -0.384 e. The van der Waals surface area contributed by atoms with Gasteiger partial charge in [-0.3, -0.25) is 0 Å². The summed E-state index contributed by atoms with van der Waals surface area (Å²) in [6.45, 7) is 0. The zero-order chi connectivity index (χ0) is 17.3. The van der Waals surface area contributed by atoms with Crippen molar-refractivity contribution in [2.75, 3.05) is 19.8 Å². The van der Waals surface area contributed by atoms with Crippen molar-refractivity contribution in [3.63, 3.8) is 0 Å². The first-order chi connectivity index (χ1) is 11.4. The normalized spacial score (nSPS) is 11.8. The Balaban J connectivity index is 2.00. The third kappa shape index (κ3) is 2.96. The molecule has 0 fully saturated rings. The molecule has 2 N–H and O–H groups in total. The molecular formula is C14H14N6O3S. The topological polar surface area (TPSA) is 128 Å². The number of sulfonamides is 1. The monoisotopic (exact) mass is 346 g/mol. The maximum Gasteiger partial charge on any atom is 0.258 e. The second kappa shape index (κ2) is 5.98. The number of hydrogen-bond acceptors (Lipinski definition) is 8. The highest BCUT2D eigenvalue weighted by atomic mass is 32.2. The summed E-state index contributed by atoms with van der Waals surface area (Å²) >= 11 is 0. The molecule has 3 aromatic rings. The molecule has 0 amide bonds. The molecule has 1 aromatic carbocycles. The van der Waals surface area contributed by atoms with Crippen molar-refractivity contribution >= 4 is 15.8 Å². The maximum absolute atomic E-state index is 12.2. The van der Waals surface area contributed by atoms with Crippen LogP contribution in [-0.4, -0.2) is 46.9 Å². The molecule has 0 unspecified atom stereocenters. The fraction of sp³-hybridized carbons (Fsp3) is 0.143. The zero-order valence-corrected chi connectivity index (χ0v) is 13.7. The molecular weight excluding hydrogens is 332 g/mol. The van der Waals surface area contributed by atoms with Crippen molar-refractivity contribution in [1.29, 1.82) is 0 Å². The lowest BCUT2D eigenvalue weighted by molar-refractivity contribution is 0.432. The number of hydrogen-bond donors (Lipinski definition) is 1. The summed E-state index contributed by atoms with van der Waals surface area (Å²) in [7, 11) is -0.623. The summed E-state index contributed by atoms with van der Waals surface area (Å²) in [6, 6.07) is 7.78. The minimum absolute atomic E-state index is 0.135. The number of nitrogen functional groups attached to an aromatic ring is 1. The van der Waals surface area contributed by atoms with Crippen LogP contribution < -0.4 is 5.73 Å². The molecule has 9 nitrogen and oxygen atoms in total. The van der Waals surface area contributed by atoms with E-state index in [1.54, 1.807) is 12.1 Å². The molecule has 0 bridgehead atoms. The van der Waals surface area contributed by atoms with E-state index in [2.05, 4.69) is 20.1 Å². The number of nitrogens with two attached hydrogens (primary N) is 1. The average molecular weight is 346 g/mol. The van der Waals surface area contributed by atoms with Gasteiger partial charge >= 0.3 is 0 Å². The molecule has 10 heteroatoms. The Morgan fingerprint density at radius 2 is 1.96 bits per heavy atom. The molecule has 0 saturated carbocycles. The van der Waals surface area contributed by atoms with Gasteiger partial charge < -0.3 is 10.3 Å². The number of nitrogens with zero attached hydrogens (tertiary/aromatic N) is 5. The van der Waals surface area contributed by atoms with Gasteiger partial charge in [0, 0.05) is 25.7 Å². The summed E-state index contributed by atoms with van der Waals surface area (Å²) in [6.07, 6.45) is 1.30. The Morgan fingerprint density at radius 1 is 1.17 bits per heavy atom. The largest absolute Gasteiger partial charge is 0.384 e. The molecule has 0 aliphatic rings. The molecule has 24 heavy (non-hydrogen) atoms. The second-order valence-electron chi connectivity index (χ2n) is 5.07. The Morgan fingerprint density at radius 3 is 2.67 bits per heavy atom. The third-order valence-electron chi connectivity index (χ3n) is 3.20. The number of rotatable bonds is 4. The first kappa shape index (κ1) is 16.0. The highest BCUT2D eigenvalue weighted by molar-refractivity contribution is 7.89. The van der Waals surface area contributed by atoms with Crippen LogP contribution in [-0.2, 0) is 10.0 Å². The van der Waals surface area contributed by atoms with Gasteiger partial charge in [-0.1, -0.05) is 11.2 Å². The van der Waals surface area contributed by atoms with Gasteiger partial charge in [-0.05, 0) is 18.2 Å². The number of anilines is 1. The highest BCUT2D eigenvalue weighted by Crippen LogP contribution is 2.24. The smallest absolute Gasteiger partial charge is 0.258 e. The molecule has 0 saturated heterocycles. The lowest BCUT2D eigenvalue weighted by Gasteiger charge is -2.11. The quantitative estimate of drug-likeness (QED) is 0.741. The van der Waals surface area contributed by atoms with Crippen molar-refractivity contribution in [2.45, 2.75) is 4.90 Å². The van der Waals surface area contributed by atoms with Crippen molar-refractivity contribution in [3.05, 3.63) is 36.7 Å². The van der Waals surface area contributed by atoms with Gasteiger partial charge in [0.05, 0.1) is 4.90 Å². The van der Waals surface area contributed by atoms with Gasteiger partial charge in [-0.2, -0.15) is 4.98 Å². The van der Waals surface area contributed by atoms with E-state index in [1.807, 2.05) is 0 Å². The SMILES string of the molecule is CN(C)S(=O)(=O)c1cccc(-c2nc(-c3cc(N)ncn3)no2)c1. The van der Waals surface area contributed by atoms with Crippen molar-refractivity contribution < 1.29 is 12.9 Å². The average Bonchev–Trinajstić information content (AvgIpc) is 3.05. The highest BCUT2D eigenvalue weighted by Gasteiger charge is 2.19. The van der Waals surface area contributed by atoms with Crippen LogP contribution in [0.1, 0.15) is 0 Å². The minimum atomic E-state index is -3.55. The molecule has 2 aromatic heterocycles. The van der Waals surface area contributed by atoms with Gasteiger partial charge in [0.1, 0.15) is 17.8 Å². The summed E-state index contributed by atoms with van der Waals surface area (Å²) in [4.78, 5) is 12.2. The Hall–Kier alpha value is -2.85. The first-order valence-electron chi connectivity index (χ1n) is 6.82. The molecule has 0 aliphatic carbocycles. The summed E-state index contributed by atoms with van der Waals surface area (Å²) in [5.41, 5.74) is 6.50. The van der Waals surface area contributed by atoms with Crippen LogP contribution in [0.5, 0.6) is 0 Å². The van der Waals surface area contributed by atoms with Crippen LogP contribution in [0.15, 0.2) is 46.1 Å². The maximum atomic E-state index is 12.2. The van der Waals surface area contributed by atoms with E-state index in [1.165, 1.54) is 38.6 Å². The molecule has 0 atom stereocenters. The zero-order valence-electron chi connectivity index (χ0n) is 12.9. The van der Waals surface area contributed by atoms with Gasteiger partial charge in [0.2, 0.25) is 15.8 Å². The molecule has 2 heterocycles. The second-order valence-corrected chi connectivity index (χ2v) is 7.22. The number of benzene rings is 1. The van der Waals surface area contributed by atoms with E-state index in [-0.39, 0.29) is 22.4 Å². The first-order valence-corrected chi connectivity index (χ1v) is 8.26. The van der Waals surface area contributed by atoms with Crippen LogP contribution in [0.4, 0.5) is 5.82 Å². The van der Waals surface area contributed by atoms with E-state index in [0.29, 0.717) is 11.3 Å². The van der Waals surface area contributed by atoms with Crippen LogP contribution >= 0.6 is 0 Å². The lowest BCUT2D eigenvalue weighted by atomic mass is 10.2. The van der Waals surface area contributed by atoms with E-state index in [0.717, 1.165) is 4.31 Å². The summed E-state index contributed by atoms with van der Waals surface area (Å²) in [5, 5.41) is 3.84. The Kier molecular flexibility index (Phi) is 3.99. The van der Waals surface area contributed by atoms with Crippen LogP contribution in [0.2, 0.25) is 0 Å².